The van der Waals surface area contributed by atoms with Gasteiger partial charge in [0.25, 0.3) is 0 Å². The Bertz CT molecular complexity index is 510. The van der Waals surface area contributed by atoms with Crippen molar-refractivity contribution in [1.82, 2.24) is 5.32 Å². The van der Waals surface area contributed by atoms with E-state index in [1.807, 2.05) is 4.40 Å². The molecule has 6 heteroatoms. The summed E-state index contributed by atoms with van der Waals surface area (Å²) in [5.74, 6) is 1.16. The fourth-order valence-corrected chi connectivity index (χ4v) is 3.79. The third-order valence-electron chi connectivity index (χ3n) is 5.03. The van der Waals surface area contributed by atoms with Crippen LogP contribution in [-0.4, -0.2) is 28.4 Å². The standard InChI is InChI=1S/C21H36N3O2.W/c1-5-7-14-19(6-2)26-17(4)23-21(15-20(22)25)24-18-12-8-10-16(3)11-9-13-18;/h4,16,18-19,24H,5-14H2,1-3H3,(H2,22,25);/q-1;/b23-17+;. The number of carbonyl (C=O) groups excluding carboxylic acids is 1. The zero-order valence-corrected chi connectivity index (χ0v) is 20.1. The van der Waals surface area contributed by atoms with Gasteiger partial charge < -0.3 is 0 Å². The number of ether oxygens (including phenoxy) is 1. The van der Waals surface area contributed by atoms with Crippen molar-refractivity contribution in [2.75, 3.05) is 0 Å². The number of amides is 1. The first-order valence-corrected chi connectivity index (χ1v) is 12.1. The minimum atomic E-state index is -0.610. The Morgan fingerprint density at radius 3 is 2.52 bits per heavy atom. The Kier molecular flexibility index (Phi) is 12.6. The summed E-state index contributed by atoms with van der Waals surface area (Å²) < 4.78 is 7.99. The van der Waals surface area contributed by atoms with E-state index >= 15 is 0 Å². The molecule has 3 N–H and O–H groups in total. The maximum absolute atomic E-state index is 11.4. The maximum atomic E-state index is 11.4. The van der Waals surface area contributed by atoms with Crippen LogP contribution >= 0.6 is 0 Å². The number of carbonyl (C=O) groups is 1. The molecular formula is C21H36N3O2W-. The van der Waals surface area contributed by atoms with E-state index in [0.29, 0.717) is 17.8 Å². The second-order valence-corrected chi connectivity index (χ2v) is 8.35. The van der Waals surface area contributed by atoms with Crippen LogP contribution in [0.5, 0.6) is 0 Å². The zero-order chi connectivity index (χ0) is 20.1. The van der Waals surface area contributed by atoms with Gasteiger partial charge in [-0.15, -0.1) is 0 Å². The molecule has 1 saturated carbocycles. The second-order valence-electron chi connectivity index (χ2n) is 7.50. The number of rotatable bonds is 10. The van der Waals surface area contributed by atoms with Crippen LogP contribution < -0.4 is 11.1 Å². The molecule has 0 heterocycles. The van der Waals surface area contributed by atoms with Gasteiger partial charge in [0, 0.05) is 0 Å². The van der Waals surface area contributed by atoms with E-state index in [4.69, 9.17) is 10.5 Å². The average molecular weight is 546 g/mol. The van der Waals surface area contributed by atoms with E-state index in [1.165, 1.54) is 45.0 Å². The molecule has 1 rings (SSSR count). The van der Waals surface area contributed by atoms with Crippen LogP contribution in [0.4, 0.5) is 0 Å². The number of primary amides is 1. The van der Waals surface area contributed by atoms with Crippen LogP contribution in [0.2, 0.25) is 0 Å². The number of aliphatic imine (C=N–C) groups is 1. The molecule has 1 unspecified atom stereocenters. The summed E-state index contributed by atoms with van der Waals surface area (Å²) in [6.45, 7) is 6.64. The normalized spacial score (nSPS) is 23.1. The molecule has 1 atom stereocenters. The van der Waals surface area contributed by atoms with Crippen LogP contribution in [0.3, 0.4) is 0 Å². The number of nitrogens with zero attached hydrogens (tertiary/aromatic N) is 1. The summed E-state index contributed by atoms with van der Waals surface area (Å²) >= 11 is 1.26. The minimum absolute atomic E-state index is 0.150. The summed E-state index contributed by atoms with van der Waals surface area (Å²) in [6, 6.07) is 0.301. The first-order chi connectivity index (χ1) is 13.0. The number of hydrogen-bond donors (Lipinski definition) is 2. The molecule has 1 aliphatic carbocycles. The Morgan fingerprint density at radius 2 is 2.00 bits per heavy atom. The number of nitrogens with two attached hydrogens (primary N) is 1. The first-order valence-electron chi connectivity index (χ1n) is 10.4. The molecule has 0 bridgehead atoms. The Balaban J connectivity index is 2.82. The molecule has 27 heavy (non-hydrogen) atoms. The van der Waals surface area contributed by atoms with Gasteiger partial charge in [0.2, 0.25) is 0 Å². The topological polar surface area (TPSA) is 76.7 Å². The quantitative estimate of drug-likeness (QED) is 0.190. The molecule has 5 nitrogen and oxygen atoms in total. The monoisotopic (exact) mass is 546 g/mol. The van der Waals surface area contributed by atoms with Crippen molar-refractivity contribution >= 4 is 16.2 Å². The van der Waals surface area contributed by atoms with Gasteiger partial charge in [0.15, 0.2) is 0 Å². The van der Waals surface area contributed by atoms with E-state index in [1.54, 1.807) is 0 Å². The molecule has 0 spiro atoms. The molecule has 0 aromatic heterocycles. The van der Waals surface area contributed by atoms with Gasteiger partial charge in [-0.1, -0.05) is 0 Å². The first kappa shape index (κ1) is 24.1. The zero-order valence-electron chi connectivity index (χ0n) is 17.1. The number of hydrogen-bond acceptors (Lipinski definition) is 4. The third kappa shape index (κ3) is 10.8. The molecule has 0 aromatic carbocycles. The average Bonchev–Trinajstić information content (AvgIpc) is 2.61. The molecule has 0 aromatic rings. The molecule has 0 aliphatic heterocycles. The van der Waals surface area contributed by atoms with E-state index < -0.39 is 5.91 Å². The molecule has 1 aliphatic rings. The molecule has 0 saturated heterocycles. The molecule has 1 amide bonds. The van der Waals surface area contributed by atoms with Crippen molar-refractivity contribution in [3.05, 3.63) is 11.9 Å². The summed E-state index contributed by atoms with van der Waals surface area (Å²) in [4.78, 5) is 16.0. The number of nitrogens with one attached hydrogen (secondary N) is 1. The van der Waals surface area contributed by atoms with Crippen molar-refractivity contribution in [2.24, 2.45) is 16.6 Å². The SMILES string of the molecule is CCCCC(CC)O/C([CH]=[W])=N/C(=[C-]C(N)=O)NC1CCCC(C)CCC1. The Hall–Kier alpha value is -0.962. The molecule has 1 fully saturated rings. The van der Waals surface area contributed by atoms with Crippen molar-refractivity contribution in [3.63, 3.8) is 0 Å². The van der Waals surface area contributed by atoms with Gasteiger partial charge >= 0.3 is 176 Å². The second kappa shape index (κ2) is 14.1. The van der Waals surface area contributed by atoms with Crippen LogP contribution in [0, 0.1) is 12.0 Å². The molecule has 0 radical (unpaired) electrons. The van der Waals surface area contributed by atoms with Gasteiger partial charge in [0.1, 0.15) is 0 Å². The van der Waals surface area contributed by atoms with Gasteiger partial charge in [-0.2, -0.15) is 0 Å². The van der Waals surface area contributed by atoms with Crippen molar-refractivity contribution in [1.29, 1.82) is 0 Å². The fraction of sp³-hybridized carbons (Fsp3) is 0.762. The van der Waals surface area contributed by atoms with Gasteiger partial charge in [0.05, 0.1) is 0 Å². The van der Waals surface area contributed by atoms with Crippen molar-refractivity contribution in [2.45, 2.75) is 97.1 Å². The summed E-state index contributed by atoms with van der Waals surface area (Å²) in [5.41, 5.74) is 5.36. The third-order valence-corrected chi connectivity index (χ3v) is 5.75. The van der Waals surface area contributed by atoms with Crippen LogP contribution in [0.25, 0.3) is 0 Å². The summed E-state index contributed by atoms with van der Waals surface area (Å²) in [7, 11) is 0. The van der Waals surface area contributed by atoms with Crippen LogP contribution in [-0.2, 0) is 28.9 Å². The van der Waals surface area contributed by atoms with Gasteiger partial charge in [-0.3, -0.25) is 0 Å². The predicted molar refractivity (Wildman–Crippen MR) is 108 cm³/mol. The van der Waals surface area contributed by atoms with Crippen LogP contribution in [0.1, 0.15) is 85.0 Å². The van der Waals surface area contributed by atoms with Crippen molar-refractivity contribution in [3.8, 4) is 0 Å². The van der Waals surface area contributed by atoms with E-state index in [9.17, 15) is 4.79 Å². The van der Waals surface area contributed by atoms with E-state index in [0.717, 1.165) is 44.4 Å². The summed E-state index contributed by atoms with van der Waals surface area (Å²) in [5, 5.41) is 3.40. The predicted octanol–water partition coefficient (Wildman–Crippen LogP) is 3.80. The van der Waals surface area contributed by atoms with Gasteiger partial charge in [-0.25, -0.2) is 0 Å². The molecular weight excluding hydrogens is 510 g/mol. The van der Waals surface area contributed by atoms with E-state index in [2.05, 4.69) is 37.2 Å². The Labute approximate surface area is 176 Å². The van der Waals surface area contributed by atoms with Gasteiger partial charge in [-0.05, 0) is 0 Å². The van der Waals surface area contributed by atoms with E-state index in [-0.39, 0.29) is 6.10 Å². The van der Waals surface area contributed by atoms with Crippen molar-refractivity contribution < 1.29 is 28.9 Å². The fourth-order valence-electron chi connectivity index (χ4n) is 3.40. The molecule has 154 valence electrons. The Morgan fingerprint density at radius 1 is 1.33 bits per heavy atom. The summed E-state index contributed by atoms with van der Waals surface area (Å²) in [6.07, 6.45) is 14.1. The number of unbranched alkanes of at least 4 members (excludes halogenated alkanes) is 1. The van der Waals surface area contributed by atoms with Crippen LogP contribution in [0.15, 0.2) is 10.8 Å².